The maximum absolute atomic E-state index is 11.9. The fourth-order valence-electron chi connectivity index (χ4n) is 2.09. The van der Waals surface area contributed by atoms with Gasteiger partial charge in [-0.25, -0.2) is 8.42 Å². The van der Waals surface area contributed by atoms with Gasteiger partial charge in [0.25, 0.3) is 5.91 Å². The Labute approximate surface area is 129 Å². The van der Waals surface area contributed by atoms with Crippen LogP contribution in [0, 0.1) is 5.92 Å². The Morgan fingerprint density at radius 1 is 1.23 bits per heavy atom. The molecule has 7 nitrogen and oxygen atoms in total. The second-order valence-corrected chi connectivity index (χ2v) is 7.45. The minimum Gasteiger partial charge on any atom is -0.369 e. The molecule has 22 heavy (non-hydrogen) atoms. The summed E-state index contributed by atoms with van der Waals surface area (Å²) in [4.78, 5) is 22.6. The highest BCUT2D eigenvalue weighted by Crippen LogP contribution is 2.31. The quantitative estimate of drug-likeness (QED) is 0.616. The molecule has 0 bridgehead atoms. The Kier molecular flexibility index (Phi) is 4.82. The molecule has 0 radical (unpaired) electrons. The van der Waals surface area contributed by atoms with E-state index < -0.39 is 21.5 Å². The zero-order chi connectivity index (χ0) is 16.3. The predicted molar refractivity (Wildman–Crippen MR) is 80.7 cm³/mol. The van der Waals surface area contributed by atoms with Gasteiger partial charge < -0.3 is 16.8 Å². The molecule has 1 saturated carbocycles. The van der Waals surface area contributed by atoms with E-state index in [1.54, 1.807) is 0 Å². The van der Waals surface area contributed by atoms with Crippen molar-refractivity contribution in [1.82, 2.24) is 5.32 Å². The van der Waals surface area contributed by atoms with Crippen LogP contribution < -0.4 is 16.8 Å². The number of nitrogens with two attached hydrogens (primary N) is 2. The lowest BCUT2D eigenvalue weighted by molar-refractivity contribution is -0.115. The van der Waals surface area contributed by atoms with Crippen molar-refractivity contribution in [2.75, 3.05) is 12.3 Å². The molecule has 5 N–H and O–H groups in total. The molecule has 0 heterocycles. The number of sulfone groups is 1. The summed E-state index contributed by atoms with van der Waals surface area (Å²) >= 11 is 0. The van der Waals surface area contributed by atoms with Gasteiger partial charge in [0.2, 0.25) is 5.91 Å². The summed E-state index contributed by atoms with van der Waals surface area (Å²) in [6, 6.07) is 5.32. The number of amides is 2. The minimum atomic E-state index is -3.76. The number of carbonyl (C=O) groups excluding carboxylic acids is 2. The zero-order valence-corrected chi connectivity index (χ0v) is 12.8. The van der Waals surface area contributed by atoms with E-state index in [0.29, 0.717) is 18.0 Å². The van der Waals surface area contributed by atoms with Gasteiger partial charge in [0.1, 0.15) is 5.75 Å². The first-order chi connectivity index (χ1) is 10.3. The maximum Gasteiger partial charge on any atom is 0.251 e. The summed E-state index contributed by atoms with van der Waals surface area (Å²) in [6.45, 7) is 0.394. The second-order valence-electron chi connectivity index (χ2n) is 5.46. The lowest BCUT2D eigenvalue weighted by Gasteiger charge is -2.11. The van der Waals surface area contributed by atoms with Gasteiger partial charge in [-0.1, -0.05) is 0 Å². The standard InChI is InChI=1S/C14H19N3O4S/c15-12(9-1-2-9)7-17-14(19)10-3-5-11(6-4-10)22(20,21)8-13(16)18/h3-6,9,12H,1-2,7-8,15H2,(H2,16,18)(H,17,19). The highest BCUT2D eigenvalue weighted by molar-refractivity contribution is 7.92. The van der Waals surface area contributed by atoms with Crippen molar-refractivity contribution in [1.29, 1.82) is 0 Å². The molecule has 1 aromatic rings. The molecule has 0 spiro atoms. The highest BCUT2D eigenvalue weighted by Gasteiger charge is 2.28. The fourth-order valence-corrected chi connectivity index (χ4v) is 3.18. The van der Waals surface area contributed by atoms with Gasteiger partial charge in [0.05, 0.1) is 4.90 Å². The number of hydrogen-bond donors (Lipinski definition) is 3. The molecular weight excluding hydrogens is 306 g/mol. The summed E-state index contributed by atoms with van der Waals surface area (Å²) in [6.07, 6.45) is 2.20. The molecule has 0 saturated heterocycles. The lowest BCUT2D eigenvalue weighted by atomic mass is 10.2. The van der Waals surface area contributed by atoms with E-state index in [1.165, 1.54) is 24.3 Å². The van der Waals surface area contributed by atoms with Crippen LogP contribution in [-0.4, -0.2) is 38.6 Å². The van der Waals surface area contributed by atoms with Gasteiger partial charge in [-0.05, 0) is 43.0 Å². The number of hydrogen-bond acceptors (Lipinski definition) is 5. The third kappa shape index (κ3) is 4.28. The monoisotopic (exact) mass is 325 g/mol. The van der Waals surface area contributed by atoms with Crippen molar-refractivity contribution >= 4 is 21.7 Å². The van der Waals surface area contributed by atoms with Crippen molar-refractivity contribution in [3.63, 3.8) is 0 Å². The van der Waals surface area contributed by atoms with Crippen LogP contribution >= 0.6 is 0 Å². The van der Waals surface area contributed by atoms with Gasteiger partial charge in [0, 0.05) is 18.2 Å². The van der Waals surface area contributed by atoms with Crippen LogP contribution in [0.15, 0.2) is 29.2 Å². The number of rotatable bonds is 7. The molecule has 2 rings (SSSR count). The maximum atomic E-state index is 11.9. The smallest absolute Gasteiger partial charge is 0.251 e. The molecule has 8 heteroatoms. The second kappa shape index (κ2) is 6.45. The molecule has 1 unspecified atom stereocenters. The molecule has 0 aromatic heterocycles. The van der Waals surface area contributed by atoms with E-state index >= 15 is 0 Å². The largest absolute Gasteiger partial charge is 0.369 e. The summed E-state index contributed by atoms with van der Waals surface area (Å²) in [5, 5.41) is 2.72. The molecular formula is C14H19N3O4S. The first-order valence-electron chi connectivity index (χ1n) is 6.94. The average Bonchev–Trinajstić information content (AvgIpc) is 3.27. The summed E-state index contributed by atoms with van der Waals surface area (Å²) < 4.78 is 23.6. The molecule has 2 amide bonds. The molecule has 1 aromatic carbocycles. The van der Waals surface area contributed by atoms with Crippen LogP contribution in [0.4, 0.5) is 0 Å². The normalized spacial score (nSPS) is 16.0. The Balaban J connectivity index is 1.98. The molecule has 0 aliphatic heterocycles. The van der Waals surface area contributed by atoms with E-state index in [-0.39, 0.29) is 16.8 Å². The van der Waals surface area contributed by atoms with Crippen molar-refractivity contribution < 1.29 is 18.0 Å². The number of nitrogens with one attached hydrogen (secondary N) is 1. The topological polar surface area (TPSA) is 132 Å². The molecule has 1 fully saturated rings. The minimum absolute atomic E-state index is 0.0424. The number of carbonyl (C=O) groups is 2. The molecule has 1 aliphatic carbocycles. The van der Waals surface area contributed by atoms with Crippen LogP contribution in [0.2, 0.25) is 0 Å². The van der Waals surface area contributed by atoms with Crippen LogP contribution in [0.5, 0.6) is 0 Å². The molecule has 1 atom stereocenters. The van der Waals surface area contributed by atoms with Crippen molar-refractivity contribution in [2.45, 2.75) is 23.8 Å². The Morgan fingerprint density at radius 2 is 1.82 bits per heavy atom. The van der Waals surface area contributed by atoms with E-state index in [9.17, 15) is 18.0 Å². The lowest BCUT2D eigenvalue weighted by Crippen LogP contribution is -2.38. The summed E-state index contributed by atoms with van der Waals surface area (Å²) in [7, 11) is -3.76. The van der Waals surface area contributed by atoms with Crippen molar-refractivity contribution in [3.05, 3.63) is 29.8 Å². The SMILES string of the molecule is NC(=O)CS(=O)(=O)c1ccc(C(=O)NCC(N)C2CC2)cc1. The highest BCUT2D eigenvalue weighted by atomic mass is 32.2. The summed E-state index contributed by atoms with van der Waals surface area (Å²) in [5.74, 6) is -1.50. The van der Waals surface area contributed by atoms with E-state index in [1.807, 2.05) is 0 Å². The predicted octanol–water partition coefficient (Wildman–Crippen LogP) is -0.587. The fraction of sp³-hybridized carbons (Fsp3) is 0.429. The van der Waals surface area contributed by atoms with Gasteiger partial charge in [-0.15, -0.1) is 0 Å². The first-order valence-corrected chi connectivity index (χ1v) is 8.60. The molecule has 1 aliphatic rings. The third-order valence-corrected chi connectivity index (χ3v) is 5.19. The zero-order valence-electron chi connectivity index (χ0n) is 12.0. The van der Waals surface area contributed by atoms with E-state index in [2.05, 4.69) is 5.32 Å². The summed E-state index contributed by atoms with van der Waals surface area (Å²) in [5.41, 5.74) is 11.1. The van der Waals surface area contributed by atoms with Gasteiger partial charge in [0.15, 0.2) is 9.84 Å². The molecule has 120 valence electrons. The van der Waals surface area contributed by atoms with Crippen LogP contribution in [0.3, 0.4) is 0 Å². The average molecular weight is 325 g/mol. The van der Waals surface area contributed by atoms with Crippen LogP contribution in [0.25, 0.3) is 0 Å². The first kappa shape index (κ1) is 16.4. The third-order valence-electron chi connectivity index (χ3n) is 3.53. The Morgan fingerprint density at radius 3 is 2.32 bits per heavy atom. The van der Waals surface area contributed by atoms with Crippen LogP contribution in [-0.2, 0) is 14.6 Å². The number of benzene rings is 1. The van der Waals surface area contributed by atoms with Gasteiger partial charge >= 0.3 is 0 Å². The van der Waals surface area contributed by atoms with Crippen LogP contribution in [0.1, 0.15) is 23.2 Å². The van der Waals surface area contributed by atoms with E-state index in [4.69, 9.17) is 11.5 Å². The Hall–Kier alpha value is -1.93. The Bertz CT molecular complexity index is 666. The van der Waals surface area contributed by atoms with Gasteiger partial charge in [-0.2, -0.15) is 0 Å². The van der Waals surface area contributed by atoms with Crippen molar-refractivity contribution in [2.24, 2.45) is 17.4 Å². The van der Waals surface area contributed by atoms with Gasteiger partial charge in [-0.3, -0.25) is 9.59 Å². The van der Waals surface area contributed by atoms with E-state index in [0.717, 1.165) is 12.8 Å². The number of primary amides is 1. The van der Waals surface area contributed by atoms with Crippen molar-refractivity contribution in [3.8, 4) is 0 Å².